The zero-order valence-corrected chi connectivity index (χ0v) is 10.3. The van der Waals surface area contributed by atoms with E-state index in [4.69, 9.17) is 0 Å². The van der Waals surface area contributed by atoms with Crippen molar-refractivity contribution in [3.8, 4) is 0 Å². The lowest BCUT2D eigenvalue weighted by Crippen LogP contribution is -2.33. The first-order valence-corrected chi connectivity index (χ1v) is 5.99. The minimum absolute atomic E-state index is 0.134. The highest BCUT2D eigenvalue weighted by atomic mass is 127. The number of halogens is 2. The molecular formula is C10H12FIN2O. The Morgan fingerprint density at radius 3 is 3.13 bits per heavy atom. The van der Waals surface area contributed by atoms with E-state index < -0.39 is 0 Å². The quantitative estimate of drug-likeness (QED) is 0.844. The van der Waals surface area contributed by atoms with Crippen LogP contribution in [0, 0.1) is 9.39 Å². The van der Waals surface area contributed by atoms with Gasteiger partial charge in [-0.2, -0.15) is 0 Å². The summed E-state index contributed by atoms with van der Waals surface area (Å²) in [5.74, 6) is 0.469. The van der Waals surface area contributed by atoms with Gasteiger partial charge in [0.05, 0.1) is 22.4 Å². The van der Waals surface area contributed by atoms with Gasteiger partial charge in [0, 0.05) is 6.54 Å². The van der Waals surface area contributed by atoms with Gasteiger partial charge >= 0.3 is 0 Å². The number of aliphatic hydroxyl groups is 1. The van der Waals surface area contributed by atoms with E-state index in [1.807, 2.05) is 0 Å². The van der Waals surface area contributed by atoms with Crippen LogP contribution < -0.4 is 4.90 Å². The molecule has 0 amide bonds. The molecule has 0 saturated carbocycles. The Kier molecular flexibility index (Phi) is 3.40. The van der Waals surface area contributed by atoms with Crippen molar-refractivity contribution in [3.63, 3.8) is 0 Å². The van der Waals surface area contributed by atoms with E-state index in [1.54, 1.807) is 0 Å². The van der Waals surface area contributed by atoms with Gasteiger partial charge in [0.1, 0.15) is 11.6 Å². The normalized spacial score (nSPS) is 21.0. The summed E-state index contributed by atoms with van der Waals surface area (Å²) in [6, 6.07) is 1.60. The Hall–Kier alpha value is -0.430. The molecule has 1 atom stereocenters. The van der Waals surface area contributed by atoms with Gasteiger partial charge in [-0.15, -0.1) is 0 Å². The molecular weight excluding hydrogens is 310 g/mol. The van der Waals surface area contributed by atoms with Crippen molar-refractivity contribution in [1.29, 1.82) is 0 Å². The lowest BCUT2D eigenvalue weighted by atomic mass is 10.2. The largest absolute Gasteiger partial charge is 0.394 e. The van der Waals surface area contributed by atoms with Crippen LogP contribution in [0.3, 0.4) is 0 Å². The minimum Gasteiger partial charge on any atom is -0.394 e. The molecule has 1 aromatic rings. The van der Waals surface area contributed by atoms with Gasteiger partial charge < -0.3 is 10.0 Å². The van der Waals surface area contributed by atoms with E-state index in [-0.39, 0.29) is 18.5 Å². The standard InChI is InChI=1S/C10H12FIN2O/c11-7-4-9(12)10(13-5-7)14-3-1-2-8(14)6-15/h4-5,8,15H,1-3,6H2/t8-/m0/s1. The topological polar surface area (TPSA) is 36.4 Å². The van der Waals surface area contributed by atoms with Crippen molar-refractivity contribution in [2.24, 2.45) is 0 Å². The van der Waals surface area contributed by atoms with Crippen molar-refractivity contribution >= 4 is 28.4 Å². The first kappa shape index (κ1) is 11.1. The monoisotopic (exact) mass is 322 g/mol. The lowest BCUT2D eigenvalue weighted by molar-refractivity contribution is 0.266. The Labute approximate surface area is 101 Å². The van der Waals surface area contributed by atoms with Gasteiger partial charge in [0.25, 0.3) is 0 Å². The zero-order valence-electron chi connectivity index (χ0n) is 8.16. The van der Waals surface area contributed by atoms with Crippen LogP contribution in [0.4, 0.5) is 10.2 Å². The third-order valence-corrected chi connectivity index (χ3v) is 3.44. The van der Waals surface area contributed by atoms with Gasteiger partial charge in [0.15, 0.2) is 0 Å². The molecule has 3 nitrogen and oxygen atoms in total. The van der Waals surface area contributed by atoms with E-state index in [9.17, 15) is 9.50 Å². The summed E-state index contributed by atoms with van der Waals surface area (Å²) >= 11 is 2.08. The fourth-order valence-electron chi connectivity index (χ4n) is 1.92. The second-order valence-electron chi connectivity index (χ2n) is 3.63. The molecule has 15 heavy (non-hydrogen) atoms. The van der Waals surface area contributed by atoms with E-state index in [0.29, 0.717) is 0 Å². The van der Waals surface area contributed by atoms with Gasteiger partial charge in [-0.1, -0.05) is 0 Å². The van der Waals surface area contributed by atoms with Crippen LogP contribution in [-0.4, -0.2) is 29.3 Å². The van der Waals surface area contributed by atoms with Gasteiger partial charge in [-0.05, 0) is 41.5 Å². The average molecular weight is 322 g/mol. The number of aliphatic hydroxyl groups excluding tert-OH is 1. The fraction of sp³-hybridized carbons (Fsp3) is 0.500. The van der Waals surface area contributed by atoms with Crippen molar-refractivity contribution in [1.82, 2.24) is 4.98 Å². The third-order valence-electron chi connectivity index (χ3n) is 2.65. The number of hydrogen-bond donors (Lipinski definition) is 1. The van der Waals surface area contributed by atoms with Crippen LogP contribution in [0.1, 0.15) is 12.8 Å². The maximum Gasteiger partial charge on any atom is 0.142 e. The highest BCUT2D eigenvalue weighted by Crippen LogP contribution is 2.27. The lowest BCUT2D eigenvalue weighted by Gasteiger charge is -2.24. The minimum atomic E-state index is -0.317. The maximum absolute atomic E-state index is 12.9. The van der Waals surface area contributed by atoms with Crippen LogP contribution in [0.2, 0.25) is 0 Å². The van der Waals surface area contributed by atoms with Crippen molar-refractivity contribution in [2.75, 3.05) is 18.1 Å². The third kappa shape index (κ3) is 2.23. The Morgan fingerprint density at radius 1 is 1.67 bits per heavy atom. The van der Waals surface area contributed by atoms with E-state index in [0.717, 1.165) is 28.8 Å². The van der Waals surface area contributed by atoms with Crippen LogP contribution >= 0.6 is 22.6 Å². The van der Waals surface area contributed by atoms with Crippen molar-refractivity contribution in [3.05, 3.63) is 21.7 Å². The molecule has 2 rings (SSSR count). The van der Waals surface area contributed by atoms with Crippen LogP contribution in [0.15, 0.2) is 12.3 Å². The molecule has 1 N–H and O–H groups in total. The molecule has 1 saturated heterocycles. The Morgan fingerprint density at radius 2 is 2.47 bits per heavy atom. The zero-order chi connectivity index (χ0) is 10.8. The molecule has 5 heteroatoms. The first-order chi connectivity index (χ1) is 7.22. The van der Waals surface area contributed by atoms with Crippen molar-refractivity contribution < 1.29 is 9.50 Å². The Bertz CT molecular complexity index is 361. The molecule has 0 radical (unpaired) electrons. The predicted octanol–water partition coefficient (Wildman–Crippen LogP) is 1.79. The molecule has 1 fully saturated rings. The average Bonchev–Trinajstić information content (AvgIpc) is 2.65. The molecule has 1 aliphatic heterocycles. The number of nitrogens with zero attached hydrogens (tertiary/aromatic N) is 2. The van der Waals surface area contributed by atoms with E-state index >= 15 is 0 Å². The summed E-state index contributed by atoms with van der Waals surface area (Å²) in [6.45, 7) is 1.02. The molecule has 1 aliphatic rings. The highest BCUT2D eigenvalue weighted by Gasteiger charge is 2.26. The van der Waals surface area contributed by atoms with Gasteiger partial charge in [0.2, 0.25) is 0 Å². The number of anilines is 1. The second-order valence-corrected chi connectivity index (χ2v) is 4.79. The number of aromatic nitrogens is 1. The summed E-state index contributed by atoms with van der Waals surface area (Å²) in [5, 5.41) is 9.20. The Balaban J connectivity index is 2.28. The molecule has 82 valence electrons. The summed E-state index contributed by atoms with van der Waals surface area (Å²) in [5.41, 5.74) is 0. The summed E-state index contributed by atoms with van der Waals surface area (Å²) < 4.78 is 13.7. The van der Waals surface area contributed by atoms with E-state index in [2.05, 4.69) is 32.5 Å². The molecule has 1 aromatic heterocycles. The summed E-state index contributed by atoms with van der Waals surface area (Å²) in [6.07, 6.45) is 3.26. The van der Waals surface area contributed by atoms with Crippen LogP contribution in [0.5, 0.6) is 0 Å². The molecule has 0 aliphatic carbocycles. The fourth-order valence-corrected chi connectivity index (χ4v) is 2.67. The number of rotatable bonds is 2. The van der Waals surface area contributed by atoms with Gasteiger partial charge in [-0.3, -0.25) is 0 Å². The molecule has 0 spiro atoms. The molecule has 2 heterocycles. The first-order valence-electron chi connectivity index (χ1n) is 4.91. The van der Waals surface area contributed by atoms with Crippen LogP contribution in [-0.2, 0) is 0 Å². The molecule has 0 unspecified atom stereocenters. The smallest absolute Gasteiger partial charge is 0.142 e. The van der Waals surface area contributed by atoms with E-state index in [1.165, 1.54) is 12.3 Å². The molecule has 0 aromatic carbocycles. The number of hydrogen-bond acceptors (Lipinski definition) is 3. The number of pyridine rings is 1. The maximum atomic E-state index is 12.9. The second kappa shape index (κ2) is 4.61. The van der Waals surface area contributed by atoms with Crippen molar-refractivity contribution in [2.45, 2.75) is 18.9 Å². The highest BCUT2D eigenvalue weighted by molar-refractivity contribution is 14.1. The van der Waals surface area contributed by atoms with Gasteiger partial charge in [-0.25, -0.2) is 9.37 Å². The SMILES string of the molecule is OC[C@@H]1CCCN1c1ncc(F)cc1I. The van der Waals surface area contributed by atoms with Crippen LogP contribution in [0.25, 0.3) is 0 Å². The summed E-state index contributed by atoms with van der Waals surface area (Å²) in [7, 11) is 0. The molecule has 0 bridgehead atoms. The summed E-state index contributed by atoms with van der Waals surface area (Å²) in [4.78, 5) is 6.15. The predicted molar refractivity (Wildman–Crippen MR) is 64.4 cm³/mol.